The van der Waals surface area contributed by atoms with Crippen molar-refractivity contribution in [1.29, 1.82) is 0 Å². The molecular formula is C15H13N3O. The maximum atomic E-state index is 6.01. The van der Waals surface area contributed by atoms with Crippen molar-refractivity contribution in [1.82, 2.24) is 10.2 Å². The van der Waals surface area contributed by atoms with Crippen molar-refractivity contribution in [3.05, 3.63) is 54.2 Å². The Balaban J connectivity index is 2.09. The number of fused-ring (bicyclic) bond motifs is 1. The average molecular weight is 251 g/mol. The van der Waals surface area contributed by atoms with E-state index in [-0.39, 0.29) is 0 Å². The molecule has 94 valence electrons. The molecule has 0 fully saturated rings. The van der Waals surface area contributed by atoms with Crippen molar-refractivity contribution in [2.75, 3.05) is 5.73 Å². The minimum absolute atomic E-state index is 0.637. The van der Waals surface area contributed by atoms with Gasteiger partial charge in [0, 0.05) is 5.39 Å². The Bertz CT molecular complexity index is 735. The number of ether oxygens (including phenoxy) is 1. The van der Waals surface area contributed by atoms with Crippen LogP contribution in [-0.4, -0.2) is 10.2 Å². The third-order valence-corrected chi connectivity index (χ3v) is 3.01. The standard InChI is InChI=1S/C15H13N3O/c1-10-5-4-8-13(15(10)16)19-14-9-17-18-12-7-3-2-6-11(12)14/h2-9H,16H2,1H3. The zero-order valence-electron chi connectivity index (χ0n) is 10.5. The van der Waals surface area contributed by atoms with E-state index in [1.807, 2.05) is 49.4 Å². The molecule has 0 unspecified atom stereocenters. The number of nitrogens with zero attached hydrogens (tertiary/aromatic N) is 2. The Labute approximate surface area is 110 Å². The van der Waals surface area contributed by atoms with Crippen LogP contribution in [0.25, 0.3) is 10.9 Å². The number of rotatable bonds is 2. The number of hydrogen-bond donors (Lipinski definition) is 1. The summed E-state index contributed by atoms with van der Waals surface area (Å²) in [7, 11) is 0. The van der Waals surface area contributed by atoms with Crippen LogP contribution in [0.15, 0.2) is 48.7 Å². The summed E-state index contributed by atoms with van der Waals surface area (Å²) >= 11 is 0. The van der Waals surface area contributed by atoms with Gasteiger partial charge in [0.2, 0.25) is 0 Å². The predicted octanol–water partition coefficient (Wildman–Crippen LogP) is 3.31. The lowest BCUT2D eigenvalue weighted by Gasteiger charge is -2.11. The average Bonchev–Trinajstić information content (AvgIpc) is 2.44. The van der Waals surface area contributed by atoms with E-state index >= 15 is 0 Å². The molecule has 19 heavy (non-hydrogen) atoms. The van der Waals surface area contributed by atoms with Crippen molar-refractivity contribution in [3.63, 3.8) is 0 Å². The number of hydrogen-bond acceptors (Lipinski definition) is 4. The molecule has 0 aliphatic rings. The zero-order chi connectivity index (χ0) is 13.2. The van der Waals surface area contributed by atoms with E-state index in [4.69, 9.17) is 10.5 Å². The number of para-hydroxylation sites is 1. The number of aromatic nitrogens is 2. The van der Waals surface area contributed by atoms with Gasteiger partial charge in [-0.05, 0) is 30.7 Å². The van der Waals surface area contributed by atoms with E-state index < -0.39 is 0 Å². The Morgan fingerprint density at radius 2 is 1.84 bits per heavy atom. The van der Waals surface area contributed by atoms with Crippen LogP contribution in [-0.2, 0) is 0 Å². The summed E-state index contributed by atoms with van der Waals surface area (Å²) in [6.45, 7) is 1.95. The fourth-order valence-corrected chi connectivity index (χ4v) is 1.92. The monoisotopic (exact) mass is 251 g/mol. The van der Waals surface area contributed by atoms with Crippen LogP contribution in [0.3, 0.4) is 0 Å². The lowest BCUT2D eigenvalue weighted by Crippen LogP contribution is -1.96. The molecule has 1 aromatic heterocycles. The van der Waals surface area contributed by atoms with Gasteiger partial charge >= 0.3 is 0 Å². The molecule has 0 saturated carbocycles. The smallest absolute Gasteiger partial charge is 0.157 e. The highest BCUT2D eigenvalue weighted by Gasteiger charge is 2.08. The molecule has 3 aromatic rings. The first-order chi connectivity index (χ1) is 9.25. The van der Waals surface area contributed by atoms with Gasteiger partial charge in [0.25, 0.3) is 0 Å². The molecule has 0 spiro atoms. The molecule has 4 nitrogen and oxygen atoms in total. The van der Waals surface area contributed by atoms with Crippen molar-refractivity contribution in [2.45, 2.75) is 6.92 Å². The van der Waals surface area contributed by atoms with Crippen LogP contribution in [0.5, 0.6) is 11.5 Å². The highest BCUT2D eigenvalue weighted by Crippen LogP contribution is 2.32. The third-order valence-electron chi connectivity index (χ3n) is 3.01. The number of nitrogen functional groups attached to an aromatic ring is 1. The molecule has 1 heterocycles. The Hall–Kier alpha value is -2.62. The lowest BCUT2D eigenvalue weighted by atomic mass is 10.2. The molecule has 3 rings (SSSR count). The van der Waals surface area contributed by atoms with Gasteiger partial charge in [-0.1, -0.05) is 24.3 Å². The summed E-state index contributed by atoms with van der Waals surface area (Å²) in [5, 5.41) is 8.92. The third kappa shape index (κ3) is 2.08. The van der Waals surface area contributed by atoms with E-state index in [9.17, 15) is 0 Å². The van der Waals surface area contributed by atoms with E-state index in [0.29, 0.717) is 17.2 Å². The second-order valence-corrected chi connectivity index (χ2v) is 4.31. The molecule has 0 amide bonds. The van der Waals surface area contributed by atoms with Crippen LogP contribution in [0, 0.1) is 6.92 Å². The molecule has 0 aliphatic carbocycles. The number of benzene rings is 2. The quantitative estimate of drug-likeness (QED) is 0.710. The first-order valence-corrected chi connectivity index (χ1v) is 5.99. The highest BCUT2D eigenvalue weighted by atomic mass is 16.5. The summed E-state index contributed by atoms with van der Waals surface area (Å²) in [4.78, 5) is 0. The molecule has 0 aliphatic heterocycles. The fourth-order valence-electron chi connectivity index (χ4n) is 1.92. The fraction of sp³-hybridized carbons (Fsp3) is 0.0667. The molecular weight excluding hydrogens is 238 g/mol. The van der Waals surface area contributed by atoms with E-state index in [0.717, 1.165) is 16.5 Å². The normalized spacial score (nSPS) is 10.6. The number of anilines is 1. The lowest BCUT2D eigenvalue weighted by molar-refractivity contribution is 0.487. The molecule has 0 radical (unpaired) electrons. The summed E-state index contributed by atoms with van der Waals surface area (Å²) in [6.07, 6.45) is 1.60. The summed E-state index contributed by atoms with van der Waals surface area (Å²) < 4.78 is 5.88. The van der Waals surface area contributed by atoms with Crippen LogP contribution < -0.4 is 10.5 Å². The van der Waals surface area contributed by atoms with Gasteiger partial charge in [-0.3, -0.25) is 0 Å². The largest absolute Gasteiger partial charge is 0.453 e. The maximum absolute atomic E-state index is 6.01. The van der Waals surface area contributed by atoms with Crippen LogP contribution in [0.1, 0.15) is 5.56 Å². The number of nitrogens with two attached hydrogens (primary N) is 1. The van der Waals surface area contributed by atoms with Gasteiger partial charge in [-0.2, -0.15) is 10.2 Å². The van der Waals surface area contributed by atoms with Gasteiger partial charge in [-0.25, -0.2) is 0 Å². The first-order valence-electron chi connectivity index (χ1n) is 5.99. The number of aryl methyl sites for hydroxylation is 1. The maximum Gasteiger partial charge on any atom is 0.157 e. The van der Waals surface area contributed by atoms with Crippen molar-refractivity contribution in [2.24, 2.45) is 0 Å². The summed E-state index contributed by atoms with van der Waals surface area (Å²) in [6, 6.07) is 13.4. The Morgan fingerprint density at radius 3 is 2.74 bits per heavy atom. The van der Waals surface area contributed by atoms with Gasteiger partial charge in [0.05, 0.1) is 17.4 Å². The molecule has 2 N–H and O–H groups in total. The van der Waals surface area contributed by atoms with Gasteiger partial charge in [-0.15, -0.1) is 0 Å². The SMILES string of the molecule is Cc1cccc(Oc2cnnc3ccccc23)c1N. The molecule has 0 atom stereocenters. The van der Waals surface area contributed by atoms with Crippen molar-refractivity contribution >= 4 is 16.6 Å². The van der Waals surface area contributed by atoms with Crippen molar-refractivity contribution < 1.29 is 4.74 Å². The Morgan fingerprint density at radius 1 is 1.00 bits per heavy atom. The molecule has 0 saturated heterocycles. The van der Waals surface area contributed by atoms with Gasteiger partial charge in [0.1, 0.15) is 0 Å². The van der Waals surface area contributed by atoms with Crippen LogP contribution in [0.2, 0.25) is 0 Å². The minimum atomic E-state index is 0.637. The molecule has 2 aromatic carbocycles. The Kier molecular flexibility index (Phi) is 2.76. The molecule has 4 heteroatoms. The summed E-state index contributed by atoms with van der Waals surface area (Å²) in [5.74, 6) is 1.29. The first kappa shape index (κ1) is 11.5. The minimum Gasteiger partial charge on any atom is -0.453 e. The van der Waals surface area contributed by atoms with E-state index in [2.05, 4.69) is 10.2 Å². The second-order valence-electron chi connectivity index (χ2n) is 4.31. The molecule has 0 bridgehead atoms. The van der Waals surface area contributed by atoms with Gasteiger partial charge < -0.3 is 10.5 Å². The van der Waals surface area contributed by atoms with E-state index in [1.165, 1.54) is 0 Å². The van der Waals surface area contributed by atoms with Crippen molar-refractivity contribution in [3.8, 4) is 11.5 Å². The predicted molar refractivity (Wildman–Crippen MR) is 75.2 cm³/mol. The van der Waals surface area contributed by atoms with Gasteiger partial charge in [0.15, 0.2) is 11.5 Å². The summed E-state index contributed by atoms with van der Waals surface area (Å²) in [5.41, 5.74) is 8.44. The zero-order valence-corrected chi connectivity index (χ0v) is 10.5. The highest BCUT2D eigenvalue weighted by molar-refractivity contribution is 5.84. The van der Waals surface area contributed by atoms with Crippen LogP contribution in [0.4, 0.5) is 5.69 Å². The van der Waals surface area contributed by atoms with Crippen LogP contribution >= 0.6 is 0 Å². The second kappa shape index (κ2) is 4.57. The topological polar surface area (TPSA) is 61.0 Å². The van der Waals surface area contributed by atoms with E-state index in [1.54, 1.807) is 6.20 Å².